The molecule has 0 aliphatic rings. The van der Waals surface area contributed by atoms with E-state index in [0.29, 0.717) is 5.92 Å². The van der Waals surface area contributed by atoms with Crippen LogP contribution in [0, 0.1) is 5.92 Å². The Morgan fingerprint density at radius 2 is 1.72 bits per heavy atom. The number of hydrogen-bond acceptors (Lipinski definition) is 1. The van der Waals surface area contributed by atoms with Crippen molar-refractivity contribution < 1.29 is 0 Å². The molecular weight excluding hydrogens is 220 g/mol. The maximum absolute atomic E-state index is 6.30. The van der Waals surface area contributed by atoms with E-state index in [2.05, 4.69) is 57.0 Å². The molecule has 0 saturated heterocycles. The molecule has 0 atom stereocenters. The standard InChI is InChI=1S/C16H26N2/c1-5-16(6-2,14-10-8-7-9-11-14)15(17)18-12-13(3)4/h7-11,13H,5-6,12H2,1-4H3,(H2,17,18). The Balaban J connectivity index is 3.11. The summed E-state index contributed by atoms with van der Waals surface area (Å²) in [6.45, 7) is 9.51. The van der Waals surface area contributed by atoms with Gasteiger partial charge in [0.05, 0.1) is 5.41 Å². The Hall–Kier alpha value is -1.31. The van der Waals surface area contributed by atoms with Crippen LogP contribution in [0.2, 0.25) is 0 Å². The largest absolute Gasteiger partial charge is 0.387 e. The first-order valence-corrected chi connectivity index (χ1v) is 6.92. The molecule has 0 spiro atoms. The molecule has 0 saturated carbocycles. The highest BCUT2D eigenvalue weighted by molar-refractivity contribution is 5.91. The van der Waals surface area contributed by atoms with Crippen molar-refractivity contribution in [2.45, 2.75) is 46.0 Å². The van der Waals surface area contributed by atoms with Gasteiger partial charge in [0.1, 0.15) is 5.84 Å². The molecule has 0 aliphatic heterocycles. The average Bonchev–Trinajstić information content (AvgIpc) is 2.39. The van der Waals surface area contributed by atoms with Crippen molar-refractivity contribution in [1.29, 1.82) is 0 Å². The predicted octanol–water partition coefficient (Wildman–Crippen LogP) is 3.76. The maximum Gasteiger partial charge on any atom is 0.104 e. The van der Waals surface area contributed by atoms with Gasteiger partial charge in [0.25, 0.3) is 0 Å². The predicted molar refractivity (Wildman–Crippen MR) is 80.0 cm³/mol. The molecule has 0 heterocycles. The van der Waals surface area contributed by atoms with Crippen molar-refractivity contribution in [2.24, 2.45) is 16.6 Å². The van der Waals surface area contributed by atoms with Gasteiger partial charge in [-0.05, 0) is 24.3 Å². The first-order chi connectivity index (χ1) is 8.56. The third-order valence-corrected chi connectivity index (χ3v) is 3.65. The van der Waals surface area contributed by atoms with Crippen LogP contribution in [-0.4, -0.2) is 12.4 Å². The lowest BCUT2D eigenvalue weighted by molar-refractivity contribution is 0.523. The SMILES string of the molecule is CCC(CC)(C(N)=NCC(C)C)c1ccccc1. The highest BCUT2D eigenvalue weighted by Gasteiger charge is 2.32. The van der Waals surface area contributed by atoms with Crippen LogP contribution in [0.5, 0.6) is 0 Å². The molecule has 0 fully saturated rings. The minimum absolute atomic E-state index is 0.101. The van der Waals surface area contributed by atoms with Crippen molar-refractivity contribution in [1.82, 2.24) is 0 Å². The van der Waals surface area contributed by atoms with Crippen molar-refractivity contribution in [3.05, 3.63) is 35.9 Å². The number of amidine groups is 1. The maximum atomic E-state index is 6.30. The highest BCUT2D eigenvalue weighted by Crippen LogP contribution is 2.31. The molecule has 0 bridgehead atoms. The fourth-order valence-corrected chi connectivity index (χ4v) is 2.36. The molecule has 0 aromatic heterocycles. The van der Waals surface area contributed by atoms with Crippen LogP contribution in [0.15, 0.2) is 35.3 Å². The number of hydrogen-bond donors (Lipinski definition) is 1. The van der Waals surface area contributed by atoms with E-state index < -0.39 is 0 Å². The van der Waals surface area contributed by atoms with Crippen LogP contribution >= 0.6 is 0 Å². The van der Waals surface area contributed by atoms with Crippen LogP contribution < -0.4 is 5.73 Å². The van der Waals surface area contributed by atoms with Crippen LogP contribution in [0.3, 0.4) is 0 Å². The molecule has 0 unspecified atom stereocenters. The van der Waals surface area contributed by atoms with Crippen LogP contribution in [-0.2, 0) is 5.41 Å². The van der Waals surface area contributed by atoms with Gasteiger partial charge >= 0.3 is 0 Å². The Kier molecular flexibility index (Phi) is 5.39. The summed E-state index contributed by atoms with van der Waals surface area (Å²) in [5.74, 6) is 1.33. The Morgan fingerprint density at radius 1 is 1.17 bits per heavy atom. The smallest absolute Gasteiger partial charge is 0.104 e. The van der Waals surface area contributed by atoms with Crippen LogP contribution in [0.4, 0.5) is 0 Å². The summed E-state index contributed by atoms with van der Waals surface area (Å²) in [5.41, 5.74) is 7.48. The minimum Gasteiger partial charge on any atom is -0.387 e. The number of benzene rings is 1. The summed E-state index contributed by atoms with van der Waals surface area (Å²) in [6, 6.07) is 10.5. The first kappa shape index (κ1) is 14.7. The molecule has 2 N–H and O–H groups in total. The van der Waals surface area contributed by atoms with E-state index in [1.54, 1.807) is 0 Å². The molecule has 2 nitrogen and oxygen atoms in total. The Labute approximate surface area is 111 Å². The quantitative estimate of drug-likeness (QED) is 0.602. The molecule has 1 rings (SSSR count). The zero-order valence-electron chi connectivity index (χ0n) is 12.1. The van der Waals surface area contributed by atoms with E-state index in [1.165, 1.54) is 5.56 Å². The first-order valence-electron chi connectivity index (χ1n) is 6.92. The van der Waals surface area contributed by atoms with Crippen molar-refractivity contribution >= 4 is 5.84 Å². The fourth-order valence-electron chi connectivity index (χ4n) is 2.36. The van der Waals surface area contributed by atoms with Crippen LogP contribution in [0.25, 0.3) is 0 Å². The lowest BCUT2D eigenvalue weighted by Gasteiger charge is -2.32. The summed E-state index contributed by atoms with van der Waals surface area (Å²) < 4.78 is 0. The molecular formula is C16H26N2. The molecule has 1 aromatic carbocycles. The van der Waals surface area contributed by atoms with E-state index in [-0.39, 0.29) is 5.41 Å². The monoisotopic (exact) mass is 246 g/mol. The summed E-state index contributed by atoms with van der Waals surface area (Å²) in [7, 11) is 0. The molecule has 1 aromatic rings. The number of aliphatic imine (C=N–C) groups is 1. The van der Waals surface area contributed by atoms with Gasteiger partial charge in [-0.3, -0.25) is 4.99 Å². The Morgan fingerprint density at radius 3 is 2.17 bits per heavy atom. The molecule has 18 heavy (non-hydrogen) atoms. The third kappa shape index (κ3) is 3.12. The summed E-state index contributed by atoms with van der Waals surface area (Å²) in [4.78, 5) is 4.61. The third-order valence-electron chi connectivity index (χ3n) is 3.65. The van der Waals surface area contributed by atoms with E-state index in [4.69, 9.17) is 5.73 Å². The topological polar surface area (TPSA) is 38.4 Å². The summed E-state index contributed by atoms with van der Waals surface area (Å²) >= 11 is 0. The lowest BCUT2D eigenvalue weighted by Crippen LogP contribution is -2.40. The molecule has 0 amide bonds. The van der Waals surface area contributed by atoms with Crippen molar-refractivity contribution in [3.8, 4) is 0 Å². The van der Waals surface area contributed by atoms with E-state index in [9.17, 15) is 0 Å². The average molecular weight is 246 g/mol. The summed E-state index contributed by atoms with van der Waals surface area (Å²) in [6.07, 6.45) is 1.97. The Bertz CT molecular complexity index is 375. The molecule has 0 aliphatic carbocycles. The molecule has 100 valence electrons. The van der Waals surface area contributed by atoms with Gasteiger partial charge in [0.15, 0.2) is 0 Å². The minimum atomic E-state index is -0.101. The van der Waals surface area contributed by atoms with Gasteiger partial charge in [-0.2, -0.15) is 0 Å². The second-order valence-corrected chi connectivity index (χ2v) is 5.28. The number of nitrogens with zero attached hydrogens (tertiary/aromatic N) is 1. The highest BCUT2D eigenvalue weighted by atomic mass is 14.9. The zero-order chi connectivity index (χ0) is 13.6. The van der Waals surface area contributed by atoms with Gasteiger partial charge in [-0.15, -0.1) is 0 Å². The van der Waals surface area contributed by atoms with E-state index in [0.717, 1.165) is 25.2 Å². The molecule has 0 radical (unpaired) electrons. The number of rotatable bonds is 6. The summed E-state index contributed by atoms with van der Waals surface area (Å²) in [5, 5.41) is 0. The van der Waals surface area contributed by atoms with Crippen molar-refractivity contribution in [3.63, 3.8) is 0 Å². The van der Waals surface area contributed by atoms with Gasteiger partial charge in [-0.25, -0.2) is 0 Å². The number of nitrogens with two attached hydrogens (primary N) is 1. The van der Waals surface area contributed by atoms with E-state index in [1.807, 2.05) is 6.07 Å². The van der Waals surface area contributed by atoms with Crippen molar-refractivity contribution in [2.75, 3.05) is 6.54 Å². The molecule has 2 heteroatoms. The van der Waals surface area contributed by atoms with Gasteiger partial charge < -0.3 is 5.73 Å². The second-order valence-electron chi connectivity index (χ2n) is 5.28. The van der Waals surface area contributed by atoms with Gasteiger partial charge in [0, 0.05) is 6.54 Å². The fraction of sp³-hybridized carbons (Fsp3) is 0.562. The van der Waals surface area contributed by atoms with Crippen LogP contribution in [0.1, 0.15) is 46.1 Å². The normalized spacial score (nSPS) is 13.1. The zero-order valence-corrected chi connectivity index (χ0v) is 12.1. The van der Waals surface area contributed by atoms with E-state index >= 15 is 0 Å². The second kappa shape index (κ2) is 6.58. The lowest BCUT2D eigenvalue weighted by atomic mass is 9.75. The van der Waals surface area contributed by atoms with Gasteiger partial charge in [0.2, 0.25) is 0 Å². The van der Waals surface area contributed by atoms with Gasteiger partial charge in [-0.1, -0.05) is 58.0 Å².